The van der Waals surface area contributed by atoms with Gasteiger partial charge in [0.1, 0.15) is 5.82 Å². The van der Waals surface area contributed by atoms with E-state index in [0.717, 1.165) is 21.2 Å². The smallest absolute Gasteiger partial charge is 0.227 e. The molecule has 3 aromatic rings. The molecule has 30 heavy (non-hydrogen) atoms. The van der Waals surface area contributed by atoms with Gasteiger partial charge in [0.25, 0.3) is 0 Å². The van der Waals surface area contributed by atoms with Crippen LogP contribution in [0.1, 0.15) is 23.3 Å². The molecule has 0 spiro atoms. The lowest BCUT2D eigenvalue weighted by Gasteiger charge is -2.28. The molecule has 4 rings (SSSR count). The minimum absolute atomic E-state index is 0.0581. The predicted molar refractivity (Wildman–Crippen MR) is 119 cm³/mol. The molecule has 0 saturated heterocycles. The van der Waals surface area contributed by atoms with Crippen LogP contribution in [0.15, 0.2) is 59.6 Å². The number of thioether (sulfide) groups is 1. The number of anilines is 2. The van der Waals surface area contributed by atoms with Crippen LogP contribution < -0.4 is 10.2 Å². The van der Waals surface area contributed by atoms with Gasteiger partial charge in [-0.3, -0.25) is 9.59 Å². The Hall–Kier alpha value is -2.71. The van der Waals surface area contributed by atoms with Gasteiger partial charge in [-0.2, -0.15) is 0 Å². The Morgan fingerprint density at radius 3 is 2.77 bits per heavy atom. The monoisotopic (exact) mass is 441 g/mol. The predicted octanol–water partition coefficient (Wildman–Crippen LogP) is 4.73. The summed E-state index contributed by atoms with van der Waals surface area (Å²) in [5.41, 5.74) is 1.50. The molecule has 0 fully saturated rings. The van der Waals surface area contributed by atoms with Crippen LogP contribution in [0.3, 0.4) is 0 Å². The number of halogens is 1. The normalized spacial score (nSPS) is 13.0. The number of fused-ring (bicyclic) bond motifs is 1. The number of amides is 2. The quantitative estimate of drug-likeness (QED) is 0.601. The van der Waals surface area contributed by atoms with Gasteiger partial charge in [-0.25, -0.2) is 9.37 Å². The number of thiazole rings is 1. The van der Waals surface area contributed by atoms with Crippen molar-refractivity contribution in [3.05, 3.63) is 71.0 Å². The molecule has 0 saturated carbocycles. The molecule has 1 N–H and O–H groups in total. The summed E-state index contributed by atoms with van der Waals surface area (Å²) in [6.07, 6.45) is 2.29. The van der Waals surface area contributed by atoms with E-state index in [2.05, 4.69) is 10.3 Å². The maximum Gasteiger partial charge on any atom is 0.227 e. The molecule has 2 heterocycles. The van der Waals surface area contributed by atoms with E-state index in [0.29, 0.717) is 23.7 Å². The molecular formula is C22H20FN3O2S2. The summed E-state index contributed by atoms with van der Waals surface area (Å²) in [7, 11) is 0. The van der Waals surface area contributed by atoms with Gasteiger partial charge < -0.3 is 10.2 Å². The van der Waals surface area contributed by atoms with Crippen molar-refractivity contribution < 1.29 is 14.0 Å². The Morgan fingerprint density at radius 1 is 1.10 bits per heavy atom. The standard InChI is InChI=1S/C22H20FN3O2S2/c23-17-6-2-1-5-15(17)13-16-14-24-22(30-16)25-20(27)9-10-21(28)26-11-12-29-19-8-4-3-7-18(19)26/h1-8,14H,9-13H2,(H,24,25,27). The first kappa shape index (κ1) is 20.6. The first-order valence-corrected chi connectivity index (χ1v) is 11.4. The van der Waals surface area contributed by atoms with E-state index < -0.39 is 0 Å². The molecule has 0 bridgehead atoms. The number of para-hydroxylation sites is 1. The average Bonchev–Trinajstić information content (AvgIpc) is 3.20. The topological polar surface area (TPSA) is 62.3 Å². The van der Waals surface area contributed by atoms with Crippen LogP contribution in [0.5, 0.6) is 0 Å². The van der Waals surface area contributed by atoms with E-state index in [1.54, 1.807) is 41.1 Å². The fourth-order valence-electron chi connectivity index (χ4n) is 3.24. The molecule has 154 valence electrons. The van der Waals surface area contributed by atoms with Gasteiger partial charge in [-0.1, -0.05) is 30.3 Å². The summed E-state index contributed by atoms with van der Waals surface area (Å²) in [5.74, 6) is 0.276. The number of nitrogens with one attached hydrogen (secondary N) is 1. The van der Waals surface area contributed by atoms with Crippen molar-refractivity contribution in [2.75, 3.05) is 22.5 Å². The van der Waals surface area contributed by atoms with Crippen molar-refractivity contribution in [2.24, 2.45) is 0 Å². The van der Waals surface area contributed by atoms with Crippen LogP contribution in [0.2, 0.25) is 0 Å². The Labute approximate surface area is 182 Å². The summed E-state index contributed by atoms with van der Waals surface area (Å²) >= 11 is 3.05. The molecule has 0 atom stereocenters. The molecule has 1 aromatic heterocycles. The summed E-state index contributed by atoms with van der Waals surface area (Å²) < 4.78 is 13.8. The maximum absolute atomic E-state index is 13.8. The van der Waals surface area contributed by atoms with Crippen LogP contribution in [0.4, 0.5) is 15.2 Å². The van der Waals surface area contributed by atoms with Crippen molar-refractivity contribution in [1.82, 2.24) is 4.98 Å². The second-order valence-electron chi connectivity index (χ2n) is 6.81. The highest BCUT2D eigenvalue weighted by atomic mass is 32.2. The number of benzene rings is 2. The fourth-order valence-corrected chi connectivity index (χ4v) is 5.09. The van der Waals surface area contributed by atoms with Gasteiger partial charge in [0.15, 0.2) is 5.13 Å². The van der Waals surface area contributed by atoms with E-state index in [4.69, 9.17) is 0 Å². The van der Waals surface area contributed by atoms with Crippen molar-refractivity contribution in [1.29, 1.82) is 0 Å². The lowest BCUT2D eigenvalue weighted by molar-refractivity contribution is -0.122. The Morgan fingerprint density at radius 2 is 1.90 bits per heavy atom. The number of rotatable bonds is 6. The molecule has 1 aliphatic heterocycles. The molecule has 0 radical (unpaired) electrons. The zero-order valence-electron chi connectivity index (χ0n) is 16.1. The Balaban J connectivity index is 1.30. The highest BCUT2D eigenvalue weighted by Gasteiger charge is 2.23. The molecule has 0 unspecified atom stereocenters. The number of carbonyl (C=O) groups is 2. The van der Waals surface area contributed by atoms with Gasteiger partial charge in [0.05, 0.1) is 5.69 Å². The zero-order valence-corrected chi connectivity index (χ0v) is 17.8. The number of hydrogen-bond acceptors (Lipinski definition) is 5. The molecule has 0 aliphatic carbocycles. The molecular weight excluding hydrogens is 421 g/mol. The Kier molecular flexibility index (Phi) is 6.44. The molecule has 1 aliphatic rings. The largest absolute Gasteiger partial charge is 0.310 e. The van der Waals surface area contributed by atoms with E-state index in [1.807, 2.05) is 24.3 Å². The third kappa shape index (κ3) is 4.88. The molecule has 5 nitrogen and oxygen atoms in total. The summed E-state index contributed by atoms with van der Waals surface area (Å²) in [5, 5.41) is 3.20. The summed E-state index contributed by atoms with van der Waals surface area (Å²) in [4.78, 5) is 32.8. The highest BCUT2D eigenvalue weighted by molar-refractivity contribution is 7.99. The van der Waals surface area contributed by atoms with Crippen LogP contribution in [-0.4, -0.2) is 29.1 Å². The van der Waals surface area contributed by atoms with E-state index >= 15 is 0 Å². The number of hydrogen-bond donors (Lipinski definition) is 1. The molecule has 2 amide bonds. The second kappa shape index (κ2) is 9.40. The van der Waals surface area contributed by atoms with Crippen LogP contribution >= 0.6 is 23.1 Å². The highest BCUT2D eigenvalue weighted by Crippen LogP contribution is 2.34. The minimum Gasteiger partial charge on any atom is -0.310 e. The van der Waals surface area contributed by atoms with Gasteiger partial charge in [-0.05, 0) is 23.8 Å². The van der Waals surface area contributed by atoms with Crippen molar-refractivity contribution in [3.63, 3.8) is 0 Å². The van der Waals surface area contributed by atoms with Gasteiger partial charge in [0, 0.05) is 47.5 Å². The molecule has 8 heteroatoms. The molecule has 2 aromatic carbocycles. The van der Waals surface area contributed by atoms with Crippen molar-refractivity contribution in [2.45, 2.75) is 24.2 Å². The lowest BCUT2D eigenvalue weighted by Crippen LogP contribution is -2.35. The SMILES string of the molecule is O=C(CCC(=O)N1CCSc2ccccc21)Nc1ncc(Cc2ccccc2F)s1. The van der Waals surface area contributed by atoms with Crippen molar-refractivity contribution in [3.8, 4) is 0 Å². The summed E-state index contributed by atoms with van der Waals surface area (Å²) in [6.45, 7) is 0.647. The maximum atomic E-state index is 13.8. The van der Waals surface area contributed by atoms with Gasteiger partial charge in [0.2, 0.25) is 11.8 Å². The van der Waals surface area contributed by atoms with Gasteiger partial charge >= 0.3 is 0 Å². The second-order valence-corrected chi connectivity index (χ2v) is 9.06. The summed E-state index contributed by atoms with van der Waals surface area (Å²) in [6, 6.07) is 14.4. The van der Waals surface area contributed by atoms with E-state index in [-0.39, 0.29) is 30.5 Å². The Bertz CT molecular complexity index is 1070. The van der Waals surface area contributed by atoms with Crippen LogP contribution in [0, 0.1) is 5.82 Å². The number of carbonyl (C=O) groups excluding carboxylic acids is 2. The third-order valence-corrected chi connectivity index (χ3v) is 6.67. The van der Waals surface area contributed by atoms with Crippen molar-refractivity contribution >= 4 is 45.7 Å². The van der Waals surface area contributed by atoms with E-state index in [1.165, 1.54) is 17.4 Å². The average molecular weight is 442 g/mol. The first-order valence-electron chi connectivity index (χ1n) is 9.60. The lowest BCUT2D eigenvalue weighted by atomic mass is 10.1. The number of aromatic nitrogens is 1. The third-order valence-electron chi connectivity index (χ3n) is 4.72. The van der Waals surface area contributed by atoms with Gasteiger partial charge in [-0.15, -0.1) is 23.1 Å². The fraction of sp³-hybridized carbons (Fsp3) is 0.227. The van der Waals surface area contributed by atoms with Crippen LogP contribution in [0.25, 0.3) is 0 Å². The minimum atomic E-state index is -0.257. The first-order chi connectivity index (χ1) is 14.6. The number of nitrogens with zero attached hydrogens (tertiary/aromatic N) is 2. The van der Waals surface area contributed by atoms with E-state index in [9.17, 15) is 14.0 Å². The van der Waals surface area contributed by atoms with Crippen LogP contribution in [-0.2, 0) is 16.0 Å². The zero-order chi connectivity index (χ0) is 20.9.